The first-order valence-electron chi connectivity index (χ1n) is 7.18. The highest BCUT2D eigenvalue weighted by Gasteiger charge is 2.16. The summed E-state index contributed by atoms with van der Waals surface area (Å²) in [6.07, 6.45) is 0.878. The fourth-order valence-corrected chi connectivity index (χ4v) is 3.92. The van der Waals surface area contributed by atoms with Crippen LogP contribution in [-0.4, -0.2) is 14.3 Å². The zero-order valence-corrected chi connectivity index (χ0v) is 15.2. The van der Waals surface area contributed by atoms with Crippen LogP contribution in [0, 0.1) is 20.8 Å². The van der Waals surface area contributed by atoms with Crippen molar-refractivity contribution in [1.29, 1.82) is 0 Å². The van der Waals surface area contributed by atoms with Gasteiger partial charge in [-0.15, -0.1) is 11.3 Å². The van der Waals surface area contributed by atoms with Gasteiger partial charge in [0.15, 0.2) is 0 Å². The molecular weight excluding hydrogens is 332 g/mol. The van der Waals surface area contributed by atoms with Crippen LogP contribution in [-0.2, 0) is 16.4 Å². The van der Waals surface area contributed by atoms with E-state index in [9.17, 15) is 13.2 Å². The van der Waals surface area contributed by atoms with Crippen molar-refractivity contribution in [1.82, 2.24) is 0 Å². The summed E-state index contributed by atoms with van der Waals surface area (Å²) in [5.41, 5.74) is 3.12. The van der Waals surface area contributed by atoms with E-state index in [0.29, 0.717) is 10.6 Å². The van der Waals surface area contributed by atoms with Crippen LogP contribution in [0.1, 0.15) is 38.2 Å². The molecule has 0 aliphatic carbocycles. The fourth-order valence-electron chi connectivity index (χ4n) is 2.29. The highest BCUT2D eigenvalue weighted by molar-refractivity contribution is 7.89. The predicted molar refractivity (Wildman–Crippen MR) is 93.7 cm³/mol. The van der Waals surface area contributed by atoms with Gasteiger partial charge in [-0.2, -0.15) is 0 Å². The molecule has 0 aliphatic heterocycles. The number of carbonyl (C=O) groups is 1. The molecule has 2 rings (SSSR count). The molecule has 0 fully saturated rings. The number of sulfonamides is 1. The molecule has 3 N–H and O–H groups in total. The predicted octanol–water partition coefficient (Wildman–Crippen LogP) is 3.14. The van der Waals surface area contributed by atoms with E-state index in [1.165, 1.54) is 28.3 Å². The Kier molecular flexibility index (Phi) is 4.93. The SMILES string of the molecule is CCc1sc(C(=O)Nc2cc(S(N)(=O)=O)cc(C)c2C)cc1C. The average molecular weight is 352 g/mol. The topological polar surface area (TPSA) is 89.3 Å². The molecule has 124 valence electrons. The Labute approximate surface area is 140 Å². The largest absolute Gasteiger partial charge is 0.321 e. The second-order valence-corrected chi connectivity index (χ2v) is 8.18. The number of amides is 1. The van der Waals surface area contributed by atoms with Gasteiger partial charge in [0.1, 0.15) is 0 Å². The molecule has 1 heterocycles. The minimum atomic E-state index is -3.82. The molecule has 0 aliphatic rings. The summed E-state index contributed by atoms with van der Waals surface area (Å²) in [5.74, 6) is -0.244. The zero-order valence-electron chi connectivity index (χ0n) is 13.6. The van der Waals surface area contributed by atoms with Gasteiger partial charge in [0, 0.05) is 10.6 Å². The number of anilines is 1. The maximum Gasteiger partial charge on any atom is 0.265 e. The number of benzene rings is 1. The van der Waals surface area contributed by atoms with Crippen molar-refractivity contribution < 1.29 is 13.2 Å². The Morgan fingerprint density at radius 2 is 1.83 bits per heavy atom. The van der Waals surface area contributed by atoms with Crippen molar-refractivity contribution in [2.45, 2.75) is 39.0 Å². The summed E-state index contributed by atoms with van der Waals surface area (Å²) in [5, 5.41) is 7.99. The average Bonchev–Trinajstić information content (AvgIpc) is 2.83. The van der Waals surface area contributed by atoms with Gasteiger partial charge in [-0.1, -0.05) is 6.92 Å². The second kappa shape index (κ2) is 6.43. The van der Waals surface area contributed by atoms with Crippen LogP contribution >= 0.6 is 11.3 Å². The van der Waals surface area contributed by atoms with Crippen LogP contribution in [0.2, 0.25) is 0 Å². The lowest BCUT2D eigenvalue weighted by Crippen LogP contribution is -2.15. The molecule has 1 amide bonds. The fraction of sp³-hybridized carbons (Fsp3) is 0.312. The molecule has 7 heteroatoms. The third-order valence-corrected chi connectivity index (χ3v) is 6.06. The van der Waals surface area contributed by atoms with Crippen LogP contribution in [0.4, 0.5) is 5.69 Å². The molecule has 0 saturated heterocycles. The molecule has 0 saturated carbocycles. The van der Waals surface area contributed by atoms with E-state index < -0.39 is 10.0 Å². The summed E-state index contributed by atoms with van der Waals surface area (Å²) < 4.78 is 23.1. The standard InChI is InChI=1S/C16H20N2O3S2/c1-5-14-10(3)7-15(22-14)16(19)18-13-8-12(23(17,20)21)6-9(2)11(13)4/h6-8H,5H2,1-4H3,(H,18,19)(H2,17,20,21). The number of primary sulfonamides is 1. The maximum absolute atomic E-state index is 12.4. The number of hydrogen-bond donors (Lipinski definition) is 2. The van der Waals surface area contributed by atoms with E-state index in [4.69, 9.17) is 5.14 Å². The molecule has 1 aromatic carbocycles. The minimum absolute atomic E-state index is 0.00694. The lowest BCUT2D eigenvalue weighted by Gasteiger charge is -2.12. The highest BCUT2D eigenvalue weighted by atomic mass is 32.2. The van der Waals surface area contributed by atoms with Crippen LogP contribution in [0.25, 0.3) is 0 Å². The van der Waals surface area contributed by atoms with E-state index in [1.807, 2.05) is 26.8 Å². The molecule has 1 aromatic heterocycles. The first-order valence-corrected chi connectivity index (χ1v) is 9.54. The second-order valence-electron chi connectivity index (χ2n) is 5.48. The van der Waals surface area contributed by atoms with E-state index in [-0.39, 0.29) is 10.8 Å². The van der Waals surface area contributed by atoms with Crippen LogP contribution in [0.3, 0.4) is 0 Å². The Morgan fingerprint density at radius 3 is 2.35 bits per heavy atom. The van der Waals surface area contributed by atoms with E-state index >= 15 is 0 Å². The zero-order chi connectivity index (χ0) is 17.4. The molecule has 0 spiro atoms. The van der Waals surface area contributed by atoms with Crippen LogP contribution in [0.5, 0.6) is 0 Å². The number of aryl methyl sites for hydroxylation is 3. The first-order chi connectivity index (χ1) is 10.6. The Morgan fingerprint density at radius 1 is 1.17 bits per heavy atom. The lowest BCUT2D eigenvalue weighted by molar-refractivity contribution is 0.103. The molecular formula is C16H20N2O3S2. The van der Waals surface area contributed by atoms with Gasteiger partial charge in [-0.05, 0) is 62.1 Å². The summed E-state index contributed by atoms with van der Waals surface area (Å²) in [6.45, 7) is 7.63. The molecule has 0 atom stereocenters. The number of rotatable bonds is 4. The van der Waals surface area contributed by atoms with Crippen molar-refractivity contribution in [3.8, 4) is 0 Å². The van der Waals surface area contributed by atoms with E-state index in [0.717, 1.165) is 23.1 Å². The van der Waals surface area contributed by atoms with E-state index in [2.05, 4.69) is 5.32 Å². The van der Waals surface area contributed by atoms with Gasteiger partial charge < -0.3 is 5.32 Å². The highest BCUT2D eigenvalue weighted by Crippen LogP contribution is 2.26. The number of nitrogens with two attached hydrogens (primary N) is 1. The molecule has 23 heavy (non-hydrogen) atoms. The lowest BCUT2D eigenvalue weighted by atomic mass is 10.1. The Bertz CT molecular complexity index is 868. The third kappa shape index (κ3) is 3.80. The van der Waals surface area contributed by atoms with Crippen molar-refractivity contribution in [3.63, 3.8) is 0 Å². The van der Waals surface area contributed by atoms with Crippen molar-refractivity contribution in [2.24, 2.45) is 5.14 Å². The summed E-state index contributed by atoms with van der Waals surface area (Å²) in [6, 6.07) is 4.76. The minimum Gasteiger partial charge on any atom is -0.321 e. The number of carbonyl (C=O) groups excluding carboxylic acids is 1. The molecule has 0 unspecified atom stereocenters. The molecule has 5 nitrogen and oxygen atoms in total. The van der Waals surface area contributed by atoms with Gasteiger partial charge in [0.25, 0.3) is 5.91 Å². The molecule has 0 radical (unpaired) electrons. The van der Waals surface area contributed by atoms with Crippen LogP contribution in [0.15, 0.2) is 23.1 Å². The number of nitrogens with one attached hydrogen (secondary N) is 1. The monoisotopic (exact) mass is 352 g/mol. The van der Waals surface area contributed by atoms with Crippen molar-refractivity contribution >= 4 is 33.0 Å². The van der Waals surface area contributed by atoms with Gasteiger partial charge >= 0.3 is 0 Å². The number of thiophene rings is 1. The molecule has 2 aromatic rings. The van der Waals surface area contributed by atoms with Gasteiger partial charge in [-0.3, -0.25) is 4.79 Å². The summed E-state index contributed by atoms with van der Waals surface area (Å²) in [7, 11) is -3.82. The Hall–Kier alpha value is -1.70. The van der Waals surface area contributed by atoms with Crippen LogP contribution < -0.4 is 10.5 Å². The van der Waals surface area contributed by atoms with Gasteiger partial charge in [0.2, 0.25) is 10.0 Å². The quantitative estimate of drug-likeness (QED) is 0.886. The van der Waals surface area contributed by atoms with Crippen molar-refractivity contribution in [3.05, 3.63) is 44.6 Å². The maximum atomic E-state index is 12.4. The smallest absolute Gasteiger partial charge is 0.265 e. The summed E-state index contributed by atoms with van der Waals surface area (Å²) in [4.78, 5) is 14.2. The normalized spacial score (nSPS) is 11.5. The number of hydrogen-bond acceptors (Lipinski definition) is 4. The molecule has 0 bridgehead atoms. The third-order valence-electron chi connectivity index (χ3n) is 3.78. The summed E-state index contributed by atoms with van der Waals surface area (Å²) >= 11 is 1.45. The van der Waals surface area contributed by atoms with Crippen molar-refractivity contribution in [2.75, 3.05) is 5.32 Å². The van der Waals surface area contributed by atoms with Gasteiger partial charge in [0.05, 0.1) is 9.77 Å². The van der Waals surface area contributed by atoms with E-state index in [1.54, 1.807) is 6.92 Å². The van der Waals surface area contributed by atoms with Gasteiger partial charge in [-0.25, -0.2) is 13.6 Å². The Balaban J connectivity index is 2.39. The first kappa shape index (κ1) is 17.7.